The molecule has 22 heavy (non-hydrogen) atoms. The summed E-state index contributed by atoms with van der Waals surface area (Å²) in [6.45, 7) is 2.70. The second-order valence-electron chi connectivity index (χ2n) is 5.24. The van der Waals surface area contributed by atoms with Crippen molar-refractivity contribution in [3.05, 3.63) is 54.6 Å². The molecule has 3 N–H and O–H groups in total. The van der Waals surface area contributed by atoms with E-state index in [4.69, 9.17) is 10.5 Å². The SMILES string of the molecule is CC(N)CC(=O)NCCOc1ccccc1-c1ccccc1. The van der Waals surface area contributed by atoms with Crippen LogP contribution in [0.3, 0.4) is 0 Å². The first-order valence-electron chi connectivity index (χ1n) is 7.46. The van der Waals surface area contributed by atoms with Gasteiger partial charge in [-0.2, -0.15) is 0 Å². The molecule has 0 heterocycles. The van der Waals surface area contributed by atoms with Crippen LogP contribution in [0.15, 0.2) is 54.6 Å². The Kier molecular flexibility index (Phi) is 5.98. The minimum atomic E-state index is -0.125. The van der Waals surface area contributed by atoms with Crippen LogP contribution >= 0.6 is 0 Å². The quantitative estimate of drug-likeness (QED) is 0.772. The van der Waals surface area contributed by atoms with E-state index in [9.17, 15) is 4.79 Å². The minimum Gasteiger partial charge on any atom is -0.491 e. The maximum absolute atomic E-state index is 11.5. The van der Waals surface area contributed by atoms with Gasteiger partial charge in [-0.05, 0) is 18.6 Å². The summed E-state index contributed by atoms with van der Waals surface area (Å²) in [6.07, 6.45) is 0.334. The van der Waals surface area contributed by atoms with Crippen molar-refractivity contribution in [2.24, 2.45) is 5.73 Å². The van der Waals surface area contributed by atoms with Gasteiger partial charge in [0, 0.05) is 18.0 Å². The molecule has 0 aromatic heterocycles. The van der Waals surface area contributed by atoms with E-state index < -0.39 is 0 Å². The number of ether oxygens (including phenoxy) is 1. The number of para-hydroxylation sites is 1. The van der Waals surface area contributed by atoms with Crippen LogP contribution in [0.2, 0.25) is 0 Å². The number of nitrogens with two attached hydrogens (primary N) is 1. The number of carbonyl (C=O) groups excluding carboxylic acids is 1. The second-order valence-corrected chi connectivity index (χ2v) is 5.24. The lowest BCUT2D eigenvalue weighted by atomic mass is 10.1. The molecule has 0 bridgehead atoms. The van der Waals surface area contributed by atoms with Crippen molar-refractivity contribution in [1.82, 2.24) is 5.32 Å². The molecule has 4 heteroatoms. The number of benzene rings is 2. The summed E-state index contributed by atoms with van der Waals surface area (Å²) in [5, 5.41) is 2.80. The van der Waals surface area contributed by atoms with Gasteiger partial charge in [0.25, 0.3) is 0 Å². The molecule has 2 rings (SSSR count). The number of hydrogen-bond acceptors (Lipinski definition) is 3. The molecule has 0 fully saturated rings. The number of rotatable bonds is 7. The Morgan fingerprint density at radius 2 is 1.82 bits per heavy atom. The standard InChI is InChI=1S/C18H22N2O2/c1-14(19)13-18(21)20-11-12-22-17-10-6-5-9-16(17)15-7-3-2-4-8-15/h2-10,14H,11-13,19H2,1H3,(H,20,21). The van der Waals surface area contributed by atoms with E-state index in [2.05, 4.69) is 5.32 Å². The molecule has 0 aliphatic rings. The molecule has 0 radical (unpaired) electrons. The zero-order valence-corrected chi connectivity index (χ0v) is 12.8. The molecule has 0 saturated heterocycles. The van der Waals surface area contributed by atoms with Crippen molar-refractivity contribution in [3.63, 3.8) is 0 Å². The van der Waals surface area contributed by atoms with Crippen molar-refractivity contribution in [3.8, 4) is 16.9 Å². The first-order chi connectivity index (χ1) is 10.7. The van der Waals surface area contributed by atoms with Crippen molar-refractivity contribution < 1.29 is 9.53 Å². The van der Waals surface area contributed by atoms with Gasteiger partial charge in [-0.3, -0.25) is 4.79 Å². The molecule has 0 saturated carbocycles. The summed E-state index contributed by atoms with van der Waals surface area (Å²) in [4.78, 5) is 11.5. The maximum atomic E-state index is 11.5. The zero-order valence-electron chi connectivity index (χ0n) is 12.8. The predicted octanol–water partition coefficient (Wildman–Crippen LogP) is 2.59. The Labute approximate surface area is 131 Å². The number of hydrogen-bond donors (Lipinski definition) is 2. The normalized spacial score (nSPS) is 11.7. The lowest BCUT2D eigenvalue weighted by Gasteiger charge is -2.12. The van der Waals surface area contributed by atoms with Crippen molar-refractivity contribution in [2.75, 3.05) is 13.2 Å². The van der Waals surface area contributed by atoms with Crippen LogP contribution in [0.25, 0.3) is 11.1 Å². The van der Waals surface area contributed by atoms with Gasteiger partial charge >= 0.3 is 0 Å². The Morgan fingerprint density at radius 1 is 1.14 bits per heavy atom. The number of nitrogens with one attached hydrogen (secondary N) is 1. The topological polar surface area (TPSA) is 64.4 Å². The smallest absolute Gasteiger partial charge is 0.221 e. The van der Waals surface area contributed by atoms with E-state index >= 15 is 0 Å². The fraction of sp³-hybridized carbons (Fsp3) is 0.278. The number of amides is 1. The predicted molar refractivity (Wildman–Crippen MR) is 88.6 cm³/mol. The summed E-state index contributed by atoms with van der Waals surface area (Å²) in [5.41, 5.74) is 7.74. The van der Waals surface area contributed by atoms with Crippen LogP contribution in [0.4, 0.5) is 0 Å². The van der Waals surface area contributed by atoms with E-state index in [1.807, 2.05) is 61.5 Å². The summed E-state index contributed by atoms with van der Waals surface area (Å²) in [7, 11) is 0. The highest BCUT2D eigenvalue weighted by Crippen LogP contribution is 2.29. The maximum Gasteiger partial charge on any atom is 0.221 e. The first kappa shape index (κ1) is 16.0. The van der Waals surface area contributed by atoms with Crippen LogP contribution in [0.5, 0.6) is 5.75 Å². The molecule has 2 aromatic rings. The summed E-state index contributed by atoms with van der Waals surface area (Å²) < 4.78 is 5.80. The van der Waals surface area contributed by atoms with Gasteiger partial charge in [0.05, 0.1) is 6.54 Å². The molecule has 0 aliphatic heterocycles. The molecule has 2 aromatic carbocycles. The zero-order chi connectivity index (χ0) is 15.8. The molecule has 4 nitrogen and oxygen atoms in total. The van der Waals surface area contributed by atoms with E-state index in [1.54, 1.807) is 0 Å². The third-order valence-electron chi connectivity index (χ3n) is 3.16. The van der Waals surface area contributed by atoms with Crippen molar-refractivity contribution in [2.45, 2.75) is 19.4 Å². The number of carbonyl (C=O) groups is 1. The minimum absolute atomic E-state index is 0.0463. The van der Waals surface area contributed by atoms with Crippen LogP contribution < -0.4 is 15.8 Å². The van der Waals surface area contributed by atoms with Crippen molar-refractivity contribution >= 4 is 5.91 Å². The van der Waals surface area contributed by atoms with Gasteiger partial charge in [0.2, 0.25) is 5.91 Å². The van der Waals surface area contributed by atoms with E-state index in [0.29, 0.717) is 19.6 Å². The van der Waals surface area contributed by atoms with Gasteiger partial charge in [-0.15, -0.1) is 0 Å². The average molecular weight is 298 g/mol. The molecular weight excluding hydrogens is 276 g/mol. The van der Waals surface area contributed by atoms with Gasteiger partial charge in [0.15, 0.2) is 0 Å². The van der Waals surface area contributed by atoms with E-state index in [1.165, 1.54) is 0 Å². The molecule has 1 atom stereocenters. The molecule has 116 valence electrons. The summed E-state index contributed by atoms with van der Waals surface area (Å²) >= 11 is 0. The Hall–Kier alpha value is -2.33. The summed E-state index contributed by atoms with van der Waals surface area (Å²) in [5.74, 6) is 0.769. The molecule has 0 aliphatic carbocycles. The van der Waals surface area contributed by atoms with Crippen molar-refractivity contribution in [1.29, 1.82) is 0 Å². The fourth-order valence-electron chi connectivity index (χ4n) is 2.16. The third-order valence-corrected chi connectivity index (χ3v) is 3.16. The average Bonchev–Trinajstić information content (AvgIpc) is 2.52. The van der Waals surface area contributed by atoms with Gasteiger partial charge < -0.3 is 15.8 Å². The monoisotopic (exact) mass is 298 g/mol. The molecular formula is C18H22N2O2. The Balaban J connectivity index is 1.90. The largest absolute Gasteiger partial charge is 0.491 e. The van der Waals surface area contributed by atoms with Crippen LogP contribution in [0, 0.1) is 0 Å². The highest BCUT2D eigenvalue weighted by Gasteiger charge is 2.06. The first-order valence-corrected chi connectivity index (χ1v) is 7.46. The summed E-state index contributed by atoms with van der Waals surface area (Å²) in [6, 6.07) is 17.8. The van der Waals surface area contributed by atoms with E-state index in [0.717, 1.165) is 16.9 Å². The third kappa shape index (κ3) is 4.90. The highest BCUT2D eigenvalue weighted by molar-refractivity contribution is 5.76. The van der Waals surface area contributed by atoms with Crippen LogP contribution in [-0.4, -0.2) is 25.1 Å². The van der Waals surface area contributed by atoms with Crippen LogP contribution in [-0.2, 0) is 4.79 Å². The van der Waals surface area contributed by atoms with Crippen LogP contribution in [0.1, 0.15) is 13.3 Å². The van der Waals surface area contributed by atoms with Gasteiger partial charge in [-0.1, -0.05) is 48.5 Å². The second kappa shape index (κ2) is 8.20. The Morgan fingerprint density at radius 3 is 2.55 bits per heavy atom. The Bertz CT molecular complexity index is 597. The highest BCUT2D eigenvalue weighted by atomic mass is 16.5. The van der Waals surface area contributed by atoms with E-state index in [-0.39, 0.29) is 11.9 Å². The lowest BCUT2D eigenvalue weighted by Crippen LogP contribution is -2.32. The van der Waals surface area contributed by atoms with Gasteiger partial charge in [0.1, 0.15) is 12.4 Å². The molecule has 0 spiro atoms. The fourth-order valence-corrected chi connectivity index (χ4v) is 2.16. The molecule has 1 amide bonds. The van der Waals surface area contributed by atoms with Gasteiger partial charge in [-0.25, -0.2) is 0 Å². The molecule has 1 unspecified atom stereocenters. The lowest BCUT2D eigenvalue weighted by molar-refractivity contribution is -0.121.